The van der Waals surface area contributed by atoms with Crippen molar-refractivity contribution in [2.75, 3.05) is 5.32 Å². The molecular weight excluding hydrogens is 308 g/mol. The zero-order valence-corrected chi connectivity index (χ0v) is 14.7. The minimum atomic E-state index is -0.0863. The Morgan fingerprint density at radius 1 is 1.12 bits per heavy atom. The minimum absolute atomic E-state index is 0.0863. The SMILES string of the molecule is CCn1c2ccccc2c2cc(NC(=O)C34CCC(CC3)C4)ccc21. The van der Waals surface area contributed by atoms with E-state index < -0.39 is 0 Å². The van der Waals surface area contributed by atoms with Gasteiger partial charge in [0, 0.05) is 39.5 Å². The number of amides is 1. The smallest absolute Gasteiger partial charge is 0.230 e. The first-order chi connectivity index (χ1) is 12.2. The van der Waals surface area contributed by atoms with Crippen LogP contribution in [0.5, 0.6) is 0 Å². The van der Waals surface area contributed by atoms with Gasteiger partial charge in [-0.1, -0.05) is 18.2 Å². The molecule has 1 amide bonds. The zero-order chi connectivity index (χ0) is 17.0. The van der Waals surface area contributed by atoms with E-state index in [1.165, 1.54) is 34.6 Å². The first-order valence-corrected chi connectivity index (χ1v) is 9.53. The van der Waals surface area contributed by atoms with Gasteiger partial charge in [0.25, 0.3) is 0 Å². The van der Waals surface area contributed by atoms with Gasteiger partial charge in [-0.2, -0.15) is 0 Å². The number of aromatic nitrogens is 1. The Morgan fingerprint density at radius 2 is 1.88 bits per heavy atom. The summed E-state index contributed by atoms with van der Waals surface area (Å²) in [4.78, 5) is 12.9. The van der Waals surface area contributed by atoms with Crippen molar-refractivity contribution in [1.82, 2.24) is 4.57 Å². The predicted molar refractivity (Wildman–Crippen MR) is 103 cm³/mol. The lowest BCUT2D eigenvalue weighted by Gasteiger charge is -2.25. The van der Waals surface area contributed by atoms with Crippen LogP contribution in [0.1, 0.15) is 39.0 Å². The molecule has 0 unspecified atom stereocenters. The molecule has 0 aliphatic heterocycles. The Balaban J connectivity index is 1.54. The summed E-state index contributed by atoms with van der Waals surface area (Å²) in [5, 5.41) is 5.72. The molecule has 2 fully saturated rings. The summed E-state index contributed by atoms with van der Waals surface area (Å²) in [5.74, 6) is 1.03. The number of carbonyl (C=O) groups is 1. The first kappa shape index (κ1) is 15.0. The molecule has 0 saturated heterocycles. The Bertz CT molecular complexity index is 976. The maximum absolute atomic E-state index is 12.9. The van der Waals surface area contributed by atoms with E-state index in [2.05, 4.69) is 59.3 Å². The van der Waals surface area contributed by atoms with Crippen molar-refractivity contribution in [3.63, 3.8) is 0 Å². The second-order valence-corrected chi connectivity index (χ2v) is 7.88. The standard InChI is InChI=1S/C22H24N2O/c1-2-24-19-6-4-3-5-17(19)18-13-16(7-8-20(18)24)23-21(25)22-11-9-15(14-22)10-12-22/h3-8,13,15H,2,9-12,14H2,1H3,(H,23,25). The molecule has 2 aliphatic rings. The van der Waals surface area contributed by atoms with Gasteiger partial charge in [0.05, 0.1) is 0 Å². The number of hydrogen-bond donors (Lipinski definition) is 1. The fraction of sp³-hybridized carbons (Fsp3) is 0.409. The maximum Gasteiger partial charge on any atom is 0.230 e. The summed E-state index contributed by atoms with van der Waals surface area (Å²) in [6, 6.07) is 14.9. The highest BCUT2D eigenvalue weighted by molar-refractivity contribution is 6.10. The van der Waals surface area contributed by atoms with Gasteiger partial charge >= 0.3 is 0 Å². The van der Waals surface area contributed by atoms with Gasteiger partial charge in [-0.25, -0.2) is 0 Å². The van der Waals surface area contributed by atoms with E-state index in [1.807, 2.05) is 0 Å². The van der Waals surface area contributed by atoms with Gasteiger partial charge in [0.2, 0.25) is 5.91 Å². The van der Waals surface area contributed by atoms with E-state index >= 15 is 0 Å². The number of carbonyl (C=O) groups excluding carboxylic acids is 1. The van der Waals surface area contributed by atoms with Crippen LogP contribution < -0.4 is 5.32 Å². The van der Waals surface area contributed by atoms with Crippen LogP contribution in [0.15, 0.2) is 42.5 Å². The minimum Gasteiger partial charge on any atom is -0.341 e. The lowest BCUT2D eigenvalue weighted by Crippen LogP contribution is -2.32. The Kier molecular flexibility index (Phi) is 3.21. The van der Waals surface area contributed by atoms with Gasteiger partial charge in [0.15, 0.2) is 0 Å². The highest BCUT2D eigenvalue weighted by atomic mass is 16.2. The van der Waals surface area contributed by atoms with E-state index in [0.717, 1.165) is 37.4 Å². The predicted octanol–water partition coefficient (Wildman–Crippen LogP) is 5.33. The molecule has 3 aromatic rings. The molecule has 3 nitrogen and oxygen atoms in total. The topological polar surface area (TPSA) is 34.0 Å². The molecule has 0 spiro atoms. The number of benzene rings is 2. The summed E-state index contributed by atoms with van der Waals surface area (Å²) >= 11 is 0. The Labute approximate surface area is 148 Å². The third-order valence-electron chi connectivity index (χ3n) is 6.57. The van der Waals surface area contributed by atoms with Gasteiger partial charge in [-0.3, -0.25) is 4.79 Å². The molecular formula is C22H24N2O. The van der Waals surface area contributed by atoms with Gasteiger partial charge in [-0.15, -0.1) is 0 Å². The van der Waals surface area contributed by atoms with E-state index in [-0.39, 0.29) is 11.3 Å². The largest absolute Gasteiger partial charge is 0.341 e. The lowest BCUT2D eigenvalue weighted by molar-refractivity contribution is -0.125. The second kappa shape index (κ2) is 5.35. The molecule has 3 heteroatoms. The average molecular weight is 332 g/mol. The number of rotatable bonds is 3. The van der Waals surface area contributed by atoms with Crippen LogP contribution in [0.4, 0.5) is 5.69 Å². The monoisotopic (exact) mass is 332 g/mol. The fourth-order valence-corrected chi connectivity index (χ4v) is 5.25. The van der Waals surface area contributed by atoms with Gasteiger partial charge in [-0.05, 0) is 69.2 Å². The number of hydrogen-bond acceptors (Lipinski definition) is 1. The van der Waals surface area contributed by atoms with E-state index in [0.29, 0.717) is 0 Å². The number of nitrogens with one attached hydrogen (secondary N) is 1. The first-order valence-electron chi connectivity index (χ1n) is 9.53. The molecule has 2 bridgehead atoms. The van der Waals surface area contributed by atoms with Gasteiger partial charge in [0.1, 0.15) is 0 Å². The number of anilines is 1. The van der Waals surface area contributed by atoms with Crippen LogP contribution in [0.2, 0.25) is 0 Å². The van der Waals surface area contributed by atoms with Crippen LogP contribution in [-0.4, -0.2) is 10.5 Å². The van der Waals surface area contributed by atoms with E-state index in [4.69, 9.17) is 0 Å². The van der Waals surface area contributed by atoms with Crippen molar-refractivity contribution >= 4 is 33.4 Å². The summed E-state index contributed by atoms with van der Waals surface area (Å²) in [7, 11) is 0. The Morgan fingerprint density at radius 3 is 2.60 bits per heavy atom. The molecule has 0 atom stereocenters. The van der Waals surface area contributed by atoms with Crippen molar-refractivity contribution < 1.29 is 4.79 Å². The summed E-state index contributed by atoms with van der Waals surface area (Å²) in [6.07, 6.45) is 5.70. The van der Waals surface area contributed by atoms with Crippen LogP contribution >= 0.6 is 0 Å². The van der Waals surface area contributed by atoms with E-state index in [9.17, 15) is 4.79 Å². The molecule has 5 rings (SSSR count). The van der Waals surface area contributed by atoms with Crippen molar-refractivity contribution in [1.29, 1.82) is 0 Å². The molecule has 128 valence electrons. The van der Waals surface area contributed by atoms with E-state index in [1.54, 1.807) is 0 Å². The molecule has 1 aromatic heterocycles. The van der Waals surface area contributed by atoms with Crippen molar-refractivity contribution in [2.24, 2.45) is 11.3 Å². The normalized spacial score (nSPS) is 25.1. The number of nitrogens with zero attached hydrogens (tertiary/aromatic N) is 1. The number of para-hydroxylation sites is 1. The van der Waals surface area contributed by atoms with Gasteiger partial charge < -0.3 is 9.88 Å². The van der Waals surface area contributed by atoms with Crippen LogP contribution in [0, 0.1) is 11.3 Å². The van der Waals surface area contributed by atoms with Crippen molar-refractivity contribution in [2.45, 2.75) is 45.6 Å². The second-order valence-electron chi connectivity index (χ2n) is 7.88. The quantitative estimate of drug-likeness (QED) is 0.691. The highest BCUT2D eigenvalue weighted by Crippen LogP contribution is 2.54. The Hall–Kier alpha value is -2.29. The molecule has 25 heavy (non-hydrogen) atoms. The van der Waals surface area contributed by atoms with Crippen molar-refractivity contribution in [3.05, 3.63) is 42.5 Å². The van der Waals surface area contributed by atoms with Crippen LogP contribution in [0.3, 0.4) is 0 Å². The number of fused-ring (bicyclic) bond motifs is 5. The third kappa shape index (κ3) is 2.14. The molecule has 1 N–H and O–H groups in total. The molecule has 1 heterocycles. The summed E-state index contributed by atoms with van der Waals surface area (Å²) in [5.41, 5.74) is 3.34. The molecule has 0 radical (unpaired) electrons. The summed E-state index contributed by atoms with van der Waals surface area (Å²) in [6.45, 7) is 3.12. The van der Waals surface area contributed by atoms with Crippen LogP contribution in [-0.2, 0) is 11.3 Å². The molecule has 2 aliphatic carbocycles. The third-order valence-corrected chi connectivity index (χ3v) is 6.57. The lowest BCUT2D eigenvalue weighted by atomic mass is 9.83. The molecule has 2 aromatic carbocycles. The summed E-state index contributed by atoms with van der Waals surface area (Å²) < 4.78 is 2.34. The maximum atomic E-state index is 12.9. The van der Waals surface area contributed by atoms with Crippen LogP contribution in [0.25, 0.3) is 21.8 Å². The highest BCUT2D eigenvalue weighted by Gasteiger charge is 2.49. The fourth-order valence-electron chi connectivity index (χ4n) is 5.25. The van der Waals surface area contributed by atoms with Crippen molar-refractivity contribution in [3.8, 4) is 0 Å². The number of aryl methyl sites for hydroxylation is 1. The average Bonchev–Trinajstić information content (AvgIpc) is 3.33. The zero-order valence-electron chi connectivity index (χ0n) is 14.7. The molecule has 2 saturated carbocycles.